The van der Waals surface area contributed by atoms with E-state index in [0.29, 0.717) is 12.5 Å². The van der Waals surface area contributed by atoms with Crippen LogP contribution in [0.4, 0.5) is 0 Å². The van der Waals surface area contributed by atoms with Crippen LogP contribution in [0, 0.1) is 0 Å². The largest absolute Gasteiger partial charge is 0.468 e. The molecule has 0 amide bonds. The zero-order chi connectivity index (χ0) is 22.3. The topological polar surface area (TPSA) is 61.8 Å². The molecule has 0 radical (unpaired) electrons. The molecule has 0 spiro atoms. The summed E-state index contributed by atoms with van der Waals surface area (Å²) >= 11 is 0. The Kier molecular flexibility index (Phi) is 9.37. The Bertz CT molecular complexity index is 1020. The fourth-order valence-corrected chi connectivity index (χ4v) is 4.34. The van der Waals surface area contributed by atoms with Crippen LogP contribution in [0.5, 0.6) is 0 Å². The van der Waals surface area contributed by atoms with Gasteiger partial charge in [-0.15, -0.1) is 24.0 Å². The Morgan fingerprint density at radius 2 is 2.03 bits per heavy atom. The molecule has 4 rings (SSSR count). The highest BCUT2D eigenvalue weighted by atomic mass is 127. The number of rotatable bonds is 8. The van der Waals surface area contributed by atoms with Crippen molar-refractivity contribution in [2.75, 3.05) is 26.7 Å². The van der Waals surface area contributed by atoms with Gasteiger partial charge in [0.05, 0.1) is 25.5 Å². The van der Waals surface area contributed by atoms with Crippen molar-refractivity contribution in [2.24, 2.45) is 12.0 Å². The number of hydrogen-bond acceptors (Lipinski definition) is 4. The summed E-state index contributed by atoms with van der Waals surface area (Å²) in [6, 6.07) is 12.5. The fraction of sp³-hybridized carbons (Fsp3) is 0.440. The Morgan fingerprint density at radius 3 is 2.73 bits per heavy atom. The molecule has 0 saturated carbocycles. The lowest BCUT2D eigenvalue weighted by molar-refractivity contribution is 0.287. The normalized spacial score (nSPS) is 16.3. The van der Waals surface area contributed by atoms with E-state index in [2.05, 4.69) is 64.6 Å². The van der Waals surface area contributed by atoms with Crippen molar-refractivity contribution in [1.82, 2.24) is 24.9 Å². The molecule has 1 aliphatic heterocycles. The highest BCUT2D eigenvalue weighted by Crippen LogP contribution is 2.27. The first-order valence-corrected chi connectivity index (χ1v) is 11.4. The van der Waals surface area contributed by atoms with Gasteiger partial charge in [0.1, 0.15) is 5.76 Å². The van der Waals surface area contributed by atoms with Crippen LogP contribution in [0.25, 0.3) is 0 Å². The van der Waals surface area contributed by atoms with Gasteiger partial charge in [-0.05, 0) is 49.2 Å². The van der Waals surface area contributed by atoms with E-state index in [1.54, 1.807) is 6.26 Å². The van der Waals surface area contributed by atoms with Gasteiger partial charge < -0.3 is 14.6 Å². The Balaban J connectivity index is 0.00000306. The Labute approximate surface area is 213 Å². The van der Waals surface area contributed by atoms with Crippen molar-refractivity contribution < 1.29 is 4.42 Å². The van der Waals surface area contributed by atoms with Crippen molar-refractivity contribution in [3.8, 4) is 0 Å². The predicted molar refractivity (Wildman–Crippen MR) is 143 cm³/mol. The number of likely N-dealkylation sites (tertiary alicyclic amines) is 1. The van der Waals surface area contributed by atoms with Gasteiger partial charge in [0, 0.05) is 45.3 Å². The highest BCUT2D eigenvalue weighted by molar-refractivity contribution is 14.0. The second-order valence-electron chi connectivity index (χ2n) is 8.57. The second kappa shape index (κ2) is 12.2. The van der Waals surface area contributed by atoms with Gasteiger partial charge in [0.25, 0.3) is 0 Å². The number of nitrogens with one attached hydrogen (secondary N) is 1. The van der Waals surface area contributed by atoms with Crippen molar-refractivity contribution in [1.29, 1.82) is 0 Å². The summed E-state index contributed by atoms with van der Waals surface area (Å²) < 4.78 is 7.38. The van der Waals surface area contributed by atoms with Crippen LogP contribution in [0.3, 0.4) is 0 Å². The molecule has 1 atom stereocenters. The number of halogens is 1. The molecule has 1 saturated heterocycles. The predicted octanol–water partition coefficient (Wildman–Crippen LogP) is 4.22. The minimum atomic E-state index is 0. The maximum absolute atomic E-state index is 5.49. The molecule has 1 unspecified atom stereocenters. The van der Waals surface area contributed by atoms with Gasteiger partial charge in [0.15, 0.2) is 5.96 Å². The van der Waals surface area contributed by atoms with Gasteiger partial charge >= 0.3 is 0 Å². The summed E-state index contributed by atoms with van der Waals surface area (Å²) in [6.45, 7) is 7.29. The molecule has 1 aromatic carbocycles. The first-order chi connectivity index (χ1) is 15.6. The van der Waals surface area contributed by atoms with Crippen molar-refractivity contribution >= 4 is 29.9 Å². The molecule has 1 fully saturated rings. The quantitative estimate of drug-likeness (QED) is 0.253. The van der Waals surface area contributed by atoms with Gasteiger partial charge in [-0.2, -0.15) is 5.10 Å². The lowest BCUT2D eigenvalue weighted by atomic mass is 10.0. The smallest absolute Gasteiger partial charge is 0.194 e. The average molecular weight is 563 g/mol. The van der Waals surface area contributed by atoms with E-state index in [1.807, 2.05) is 30.1 Å². The maximum atomic E-state index is 5.49. The summed E-state index contributed by atoms with van der Waals surface area (Å²) in [4.78, 5) is 9.67. The van der Waals surface area contributed by atoms with Gasteiger partial charge in [-0.3, -0.25) is 9.58 Å². The van der Waals surface area contributed by atoms with Crippen LogP contribution < -0.4 is 5.32 Å². The minimum Gasteiger partial charge on any atom is -0.468 e. The number of aliphatic imine (C=N–C) groups is 1. The number of benzene rings is 1. The Hall–Kier alpha value is -2.33. The highest BCUT2D eigenvalue weighted by Gasteiger charge is 2.27. The summed E-state index contributed by atoms with van der Waals surface area (Å²) in [7, 11) is 4.10. The average Bonchev–Trinajstić information content (AvgIpc) is 3.54. The molecule has 7 nitrogen and oxygen atoms in total. The number of aryl methyl sites for hydroxylation is 1. The van der Waals surface area contributed by atoms with Crippen LogP contribution >= 0.6 is 24.0 Å². The number of furan rings is 1. The van der Waals surface area contributed by atoms with Crippen LogP contribution in [-0.2, 0) is 26.7 Å². The molecule has 0 bridgehead atoms. The number of guanidine groups is 1. The van der Waals surface area contributed by atoms with E-state index in [9.17, 15) is 0 Å². The van der Waals surface area contributed by atoms with E-state index in [1.165, 1.54) is 16.7 Å². The van der Waals surface area contributed by atoms with Crippen molar-refractivity contribution in [3.63, 3.8) is 0 Å². The first kappa shape index (κ1) is 25.3. The molecule has 1 aliphatic rings. The molecule has 2 aromatic heterocycles. The minimum absolute atomic E-state index is 0. The van der Waals surface area contributed by atoms with Crippen LogP contribution in [-0.4, -0.2) is 52.2 Å². The zero-order valence-corrected chi connectivity index (χ0v) is 22.1. The summed E-state index contributed by atoms with van der Waals surface area (Å²) in [6.07, 6.45) is 6.98. The summed E-state index contributed by atoms with van der Waals surface area (Å²) in [5, 5.41) is 7.84. The maximum Gasteiger partial charge on any atom is 0.194 e. The fourth-order valence-electron chi connectivity index (χ4n) is 4.34. The summed E-state index contributed by atoms with van der Waals surface area (Å²) in [5.41, 5.74) is 3.88. The van der Waals surface area contributed by atoms with Gasteiger partial charge in [-0.25, -0.2) is 4.99 Å². The second-order valence-corrected chi connectivity index (χ2v) is 8.57. The molecule has 33 heavy (non-hydrogen) atoms. The lowest BCUT2D eigenvalue weighted by Gasteiger charge is -2.22. The van der Waals surface area contributed by atoms with Crippen LogP contribution in [0.1, 0.15) is 41.7 Å². The third kappa shape index (κ3) is 6.83. The first-order valence-electron chi connectivity index (χ1n) is 11.4. The van der Waals surface area contributed by atoms with Gasteiger partial charge in [0.2, 0.25) is 0 Å². The third-order valence-corrected chi connectivity index (χ3v) is 5.98. The van der Waals surface area contributed by atoms with Crippen LogP contribution in [0.15, 0.2) is 64.5 Å². The van der Waals surface area contributed by atoms with Gasteiger partial charge in [-0.1, -0.05) is 24.3 Å². The molecule has 3 heterocycles. The molecular formula is C25H35IN6O. The number of nitrogens with zero attached hydrogens (tertiary/aromatic N) is 5. The van der Waals surface area contributed by atoms with E-state index >= 15 is 0 Å². The molecule has 3 aromatic rings. The summed E-state index contributed by atoms with van der Waals surface area (Å²) in [5.74, 6) is 2.49. The monoisotopic (exact) mass is 562 g/mol. The molecule has 0 aliphatic carbocycles. The SMILES string of the molecule is CCNC(=NCc1ccccc1CN(C)Cc1ccco1)N1CCC(c2cnn(C)c2)C1.I. The van der Waals surface area contributed by atoms with E-state index in [-0.39, 0.29) is 24.0 Å². The van der Waals surface area contributed by atoms with Crippen molar-refractivity contribution in [3.05, 3.63) is 77.5 Å². The molecule has 1 N–H and O–H groups in total. The molecule has 8 heteroatoms. The lowest BCUT2D eigenvalue weighted by Crippen LogP contribution is -2.40. The molecular weight excluding hydrogens is 527 g/mol. The van der Waals surface area contributed by atoms with E-state index in [4.69, 9.17) is 9.41 Å². The Morgan fingerprint density at radius 1 is 1.21 bits per heavy atom. The number of aromatic nitrogens is 2. The van der Waals surface area contributed by atoms with Crippen molar-refractivity contribution in [2.45, 2.75) is 38.9 Å². The van der Waals surface area contributed by atoms with Crippen LogP contribution in [0.2, 0.25) is 0 Å². The third-order valence-electron chi connectivity index (χ3n) is 5.98. The number of hydrogen-bond donors (Lipinski definition) is 1. The standard InChI is InChI=1S/C25H34N6O.HI/c1-4-26-25(31-12-11-22(18-31)23-15-28-30(3)17-23)27-14-20-8-5-6-9-21(20)16-29(2)19-24-10-7-13-32-24;/h5-10,13,15,17,22H,4,11-12,14,16,18-19H2,1-3H3,(H,26,27);1H. The zero-order valence-electron chi connectivity index (χ0n) is 19.8. The molecule has 178 valence electrons. The van der Waals surface area contributed by atoms with E-state index < -0.39 is 0 Å². The van der Waals surface area contributed by atoms with E-state index in [0.717, 1.165) is 50.9 Å².